The molecule has 0 unspecified atom stereocenters. The van der Waals surface area contributed by atoms with Crippen molar-refractivity contribution in [2.75, 3.05) is 54.1 Å². The van der Waals surface area contributed by atoms with Crippen LogP contribution in [0.1, 0.15) is 11.6 Å². The highest BCUT2D eigenvalue weighted by Gasteiger charge is 2.24. The minimum atomic E-state index is -0.0687. The van der Waals surface area contributed by atoms with Crippen molar-refractivity contribution in [3.8, 4) is 17.2 Å². The van der Waals surface area contributed by atoms with Crippen LogP contribution in [0.25, 0.3) is 0 Å². The maximum atomic E-state index is 9.81. The van der Waals surface area contributed by atoms with Crippen molar-refractivity contribution in [1.82, 2.24) is 10.2 Å². The first kappa shape index (κ1) is 15.9. The zero-order valence-electron chi connectivity index (χ0n) is 12.9. The van der Waals surface area contributed by atoms with E-state index in [1.165, 1.54) is 0 Å². The number of ether oxygens (including phenoxy) is 3. The van der Waals surface area contributed by atoms with Gasteiger partial charge in [-0.3, -0.25) is 4.90 Å². The number of hydrogen-bond acceptors (Lipinski definition) is 6. The van der Waals surface area contributed by atoms with Crippen LogP contribution in [0, 0.1) is 0 Å². The third-order valence-electron chi connectivity index (χ3n) is 3.84. The Morgan fingerprint density at radius 1 is 1.10 bits per heavy atom. The van der Waals surface area contributed by atoms with E-state index in [2.05, 4.69) is 10.2 Å². The molecule has 0 spiro atoms. The van der Waals surface area contributed by atoms with Crippen LogP contribution in [-0.2, 0) is 0 Å². The number of nitrogens with one attached hydrogen (secondary N) is 1. The van der Waals surface area contributed by atoms with Crippen LogP contribution in [0.3, 0.4) is 0 Å². The van der Waals surface area contributed by atoms with Gasteiger partial charge in [0.2, 0.25) is 5.75 Å². The molecule has 1 aliphatic heterocycles. The Morgan fingerprint density at radius 3 is 2.10 bits per heavy atom. The van der Waals surface area contributed by atoms with Crippen molar-refractivity contribution in [1.29, 1.82) is 0 Å². The molecular formula is C15H24N2O4. The Hall–Kier alpha value is -1.50. The minimum Gasteiger partial charge on any atom is -0.493 e. The number of nitrogens with zero attached hydrogens (tertiary/aromatic N) is 1. The van der Waals surface area contributed by atoms with Gasteiger partial charge in [0.1, 0.15) is 0 Å². The molecule has 1 atom stereocenters. The Morgan fingerprint density at radius 2 is 1.67 bits per heavy atom. The first-order valence-electron chi connectivity index (χ1n) is 7.10. The third kappa shape index (κ3) is 3.40. The fourth-order valence-corrected chi connectivity index (χ4v) is 2.72. The second kappa shape index (κ2) is 7.49. The fourth-order valence-electron chi connectivity index (χ4n) is 2.72. The van der Waals surface area contributed by atoms with Crippen LogP contribution in [0.2, 0.25) is 0 Å². The Bertz CT molecular complexity index is 436. The zero-order valence-corrected chi connectivity index (χ0v) is 12.9. The highest BCUT2D eigenvalue weighted by Crippen LogP contribution is 2.40. The molecule has 1 aromatic carbocycles. The van der Waals surface area contributed by atoms with Crippen molar-refractivity contribution in [2.45, 2.75) is 6.04 Å². The monoisotopic (exact) mass is 296 g/mol. The largest absolute Gasteiger partial charge is 0.493 e. The molecule has 1 aromatic rings. The normalized spacial score (nSPS) is 17.3. The summed E-state index contributed by atoms with van der Waals surface area (Å²) in [6.45, 7) is 3.73. The average molecular weight is 296 g/mol. The maximum absolute atomic E-state index is 9.81. The molecule has 1 aliphatic rings. The molecule has 0 saturated carbocycles. The van der Waals surface area contributed by atoms with Crippen molar-refractivity contribution in [2.24, 2.45) is 0 Å². The molecule has 6 heteroatoms. The van der Waals surface area contributed by atoms with Gasteiger partial charge >= 0.3 is 0 Å². The highest BCUT2D eigenvalue weighted by atomic mass is 16.5. The van der Waals surface area contributed by atoms with Gasteiger partial charge in [0, 0.05) is 26.2 Å². The van der Waals surface area contributed by atoms with Crippen molar-refractivity contribution in [3.05, 3.63) is 17.7 Å². The zero-order chi connectivity index (χ0) is 15.2. The van der Waals surface area contributed by atoms with E-state index in [-0.39, 0.29) is 12.6 Å². The summed E-state index contributed by atoms with van der Waals surface area (Å²) < 4.78 is 16.1. The van der Waals surface area contributed by atoms with Crippen molar-refractivity contribution >= 4 is 0 Å². The molecule has 0 aromatic heterocycles. The molecule has 6 nitrogen and oxygen atoms in total. The average Bonchev–Trinajstić information content (AvgIpc) is 2.55. The number of hydrogen-bond donors (Lipinski definition) is 2. The quantitative estimate of drug-likeness (QED) is 0.804. The first-order valence-corrected chi connectivity index (χ1v) is 7.10. The van der Waals surface area contributed by atoms with E-state index < -0.39 is 0 Å². The molecule has 0 aliphatic carbocycles. The summed E-state index contributed by atoms with van der Waals surface area (Å²) in [7, 11) is 4.78. The summed E-state index contributed by atoms with van der Waals surface area (Å²) in [5.74, 6) is 1.79. The van der Waals surface area contributed by atoms with Crippen molar-refractivity contribution < 1.29 is 19.3 Å². The summed E-state index contributed by atoms with van der Waals surface area (Å²) >= 11 is 0. The van der Waals surface area contributed by atoms with Crippen molar-refractivity contribution in [3.63, 3.8) is 0 Å². The predicted octanol–water partition coefficient (Wildman–Crippen LogP) is 0.651. The standard InChI is InChI=1S/C15H24N2O4/c1-19-13-8-11(9-14(20-2)15(13)21-3)12(10-18)17-6-4-16-5-7-17/h8-9,12,16,18H,4-7,10H2,1-3H3/t12-/m0/s1. The molecule has 0 radical (unpaired) electrons. The lowest BCUT2D eigenvalue weighted by molar-refractivity contribution is 0.110. The van der Waals surface area contributed by atoms with E-state index in [0.29, 0.717) is 17.2 Å². The van der Waals surface area contributed by atoms with Gasteiger partial charge in [0.25, 0.3) is 0 Å². The SMILES string of the molecule is COc1cc([C@H](CO)N2CCNCC2)cc(OC)c1OC. The van der Waals surface area contributed by atoms with Crippen LogP contribution in [0.5, 0.6) is 17.2 Å². The molecule has 1 heterocycles. The molecule has 0 bridgehead atoms. The second-order valence-corrected chi connectivity index (χ2v) is 4.94. The number of methoxy groups -OCH3 is 3. The van der Waals surface area contributed by atoms with Gasteiger partial charge in [-0.05, 0) is 17.7 Å². The van der Waals surface area contributed by atoms with Crippen LogP contribution < -0.4 is 19.5 Å². The Kier molecular flexibility index (Phi) is 5.67. The first-order chi connectivity index (χ1) is 10.2. The van der Waals surface area contributed by atoms with Gasteiger partial charge in [0.05, 0.1) is 34.0 Å². The van der Waals surface area contributed by atoms with Crippen LogP contribution >= 0.6 is 0 Å². The van der Waals surface area contributed by atoms with Gasteiger partial charge in [0.15, 0.2) is 11.5 Å². The fraction of sp³-hybridized carbons (Fsp3) is 0.600. The van der Waals surface area contributed by atoms with Gasteiger partial charge in [-0.15, -0.1) is 0 Å². The van der Waals surface area contributed by atoms with E-state index in [9.17, 15) is 5.11 Å². The second-order valence-electron chi connectivity index (χ2n) is 4.94. The Balaban J connectivity index is 2.36. The smallest absolute Gasteiger partial charge is 0.203 e. The molecule has 118 valence electrons. The summed E-state index contributed by atoms with van der Waals surface area (Å²) in [6.07, 6.45) is 0. The Labute approximate surface area is 125 Å². The summed E-state index contributed by atoms with van der Waals surface area (Å²) in [5, 5.41) is 13.1. The summed E-state index contributed by atoms with van der Waals surface area (Å²) in [6, 6.07) is 3.75. The third-order valence-corrected chi connectivity index (χ3v) is 3.84. The van der Waals surface area contributed by atoms with Crippen LogP contribution in [0.15, 0.2) is 12.1 Å². The van der Waals surface area contributed by atoms with Gasteiger partial charge in [-0.25, -0.2) is 0 Å². The number of rotatable bonds is 6. The molecular weight excluding hydrogens is 272 g/mol. The molecule has 1 fully saturated rings. The van der Waals surface area contributed by atoms with Gasteiger partial charge in [-0.1, -0.05) is 0 Å². The topological polar surface area (TPSA) is 63.2 Å². The van der Waals surface area contributed by atoms with Crippen LogP contribution in [-0.4, -0.2) is 64.1 Å². The lowest BCUT2D eigenvalue weighted by atomic mass is 10.0. The van der Waals surface area contributed by atoms with Gasteiger partial charge < -0.3 is 24.6 Å². The van der Waals surface area contributed by atoms with Crippen LogP contribution in [0.4, 0.5) is 0 Å². The lowest BCUT2D eigenvalue weighted by Gasteiger charge is -2.34. The number of aliphatic hydroxyl groups excluding tert-OH is 1. The summed E-state index contributed by atoms with van der Waals surface area (Å²) in [5.41, 5.74) is 0.967. The minimum absolute atomic E-state index is 0.0542. The molecule has 2 rings (SSSR count). The highest BCUT2D eigenvalue weighted by molar-refractivity contribution is 5.54. The maximum Gasteiger partial charge on any atom is 0.203 e. The number of piperazine rings is 1. The lowest BCUT2D eigenvalue weighted by Crippen LogP contribution is -2.46. The van der Waals surface area contributed by atoms with E-state index in [4.69, 9.17) is 14.2 Å². The number of benzene rings is 1. The van der Waals surface area contributed by atoms with E-state index >= 15 is 0 Å². The van der Waals surface area contributed by atoms with E-state index in [0.717, 1.165) is 31.7 Å². The molecule has 2 N–H and O–H groups in total. The summed E-state index contributed by atoms with van der Waals surface area (Å²) in [4.78, 5) is 2.26. The molecule has 1 saturated heterocycles. The predicted molar refractivity (Wildman–Crippen MR) is 80.4 cm³/mol. The van der Waals surface area contributed by atoms with E-state index in [1.54, 1.807) is 21.3 Å². The number of aliphatic hydroxyl groups is 1. The van der Waals surface area contributed by atoms with E-state index in [1.807, 2.05) is 12.1 Å². The molecule has 0 amide bonds. The molecule has 21 heavy (non-hydrogen) atoms. The van der Waals surface area contributed by atoms with Gasteiger partial charge in [-0.2, -0.15) is 0 Å².